The largest absolute Gasteiger partial charge is 0.466 e. The van der Waals surface area contributed by atoms with E-state index in [1.807, 2.05) is 0 Å². The summed E-state index contributed by atoms with van der Waals surface area (Å²) in [5, 5.41) is 0. The van der Waals surface area contributed by atoms with Crippen molar-refractivity contribution in [3.8, 4) is 0 Å². The summed E-state index contributed by atoms with van der Waals surface area (Å²) in [5.74, 6) is 0.816. The summed E-state index contributed by atoms with van der Waals surface area (Å²) in [5.41, 5.74) is -1.45. The van der Waals surface area contributed by atoms with Gasteiger partial charge in [-0.25, -0.2) is 13.9 Å². The second-order valence-electron chi connectivity index (χ2n) is 8.81. The zero-order chi connectivity index (χ0) is 24.1. The van der Waals surface area contributed by atoms with Gasteiger partial charge >= 0.3 is 5.97 Å². The van der Waals surface area contributed by atoms with Crippen LogP contribution in [0.5, 0.6) is 0 Å². The summed E-state index contributed by atoms with van der Waals surface area (Å²) in [7, 11) is -3.95. The highest BCUT2D eigenvalue weighted by atomic mass is 32.2. The molecule has 3 aliphatic heterocycles. The number of esters is 1. The topological polar surface area (TPSA) is 118 Å². The van der Waals surface area contributed by atoms with Gasteiger partial charge in [-0.3, -0.25) is 4.79 Å². The van der Waals surface area contributed by atoms with Crippen LogP contribution in [0.2, 0.25) is 0 Å². The molecule has 0 aliphatic carbocycles. The SMILES string of the molecule is CCOC(=O)C1CC2CC(OC3CCCCO3)CC(OS(C)(=O)=O)(C1)N2C(C=C=O)OCC. The highest BCUT2D eigenvalue weighted by Gasteiger charge is 2.58. The highest BCUT2D eigenvalue weighted by molar-refractivity contribution is 7.86. The minimum Gasteiger partial charge on any atom is -0.466 e. The first-order valence-electron chi connectivity index (χ1n) is 11.7. The summed E-state index contributed by atoms with van der Waals surface area (Å²) >= 11 is 0. The highest BCUT2D eigenvalue weighted by Crippen LogP contribution is 2.48. The van der Waals surface area contributed by atoms with Crippen LogP contribution in [0.4, 0.5) is 0 Å². The summed E-state index contributed by atoms with van der Waals surface area (Å²) in [4.78, 5) is 25.7. The number of ether oxygens (including phenoxy) is 4. The molecule has 11 heteroatoms. The Morgan fingerprint density at radius 1 is 1.24 bits per heavy atom. The number of carbonyl (C=O) groups is 1. The van der Waals surface area contributed by atoms with Gasteiger partial charge in [-0.15, -0.1) is 0 Å². The van der Waals surface area contributed by atoms with Gasteiger partial charge in [-0.05, 0) is 46.0 Å². The second kappa shape index (κ2) is 11.4. The maximum Gasteiger partial charge on any atom is 0.309 e. The normalized spacial score (nSPS) is 33.7. The lowest BCUT2D eigenvalue weighted by atomic mass is 9.74. The van der Waals surface area contributed by atoms with E-state index in [0.29, 0.717) is 19.4 Å². The molecule has 0 N–H and O–H groups in total. The van der Waals surface area contributed by atoms with Crippen LogP contribution in [0, 0.1) is 5.92 Å². The molecule has 0 saturated carbocycles. The van der Waals surface area contributed by atoms with Crippen LogP contribution in [-0.4, -0.2) is 81.7 Å². The van der Waals surface area contributed by atoms with Crippen LogP contribution in [-0.2, 0) is 42.8 Å². The summed E-state index contributed by atoms with van der Waals surface area (Å²) in [6, 6.07) is -0.349. The number of fused-ring (bicyclic) bond motifs is 2. The van der Waals surface area contributed by atoms with Crippen LogP contribution in [0.3, 0.4) is 0 Å². The molecule has 0 aromatic carbocycles. The third kappa shape index (κ3) is 6.63. The molecule has 10 nitrogen and oxygen atoms in total. The lowest BCUT2D eigenvalue weighted by molar-refractivity contribution is -0.273. The molecule has 188 valence electrons. The van der Waals surface area contributed by atoms with Crippen LogP contribution < -0.4 is 0 Å². The summed E-state index contributed by atoms with van der Waals surface area (Å²) < 4.78 is 53.6. The Bertz CT molecular complexity index is 822. The molecule has 6 atom stereocenters. The molecule has 2 bridgehead atoms. The van der Waals surface area contributed by atoms with E-state index in [-0.39, 0.29) is 44.5 Å². The molecule has 0 spiro atoms. The molecule has 0 aromatic rings. The van der Waals surface area contributed by atoms with E-state index >= 15 is 0 Å². The van der Waals surface area contributed by atoms with Crippen molar-refractivity contribution in [3.63, 3.8) is 0 Å². The number of nitrogens with zero attached hydrogens (tertiary/aromatic N) is 1. The molecule has 3 rings (SSSR count). The van der Waals surface area contributed by atoms with E-state index in [1.54, 1.807) is 24.7 Å². The zero-order valence-corrected chi connectivity index (χ0v) is 20.4. The molecule has 6 unspecified atom stereocenters. The molecular weight excluding hydrogens is 454 g/mol. The fraction of sp³-hybridized carbons (Fsp3) is 0.864. The van der Waals surface area contributed by atoms with Crippen molar-refractivity contribution in [2.75, 3.05) is 26.1 Å². The molecule has 3 aliphatic rings. The molecule has 3 fully saturated rings. The van der Waals surface area contributed by atoms with Crippen molar-refractivity contribution in [1.82, 2.24) is 4.90 Å². The van der Waals surface area contributed by atoms with Gasteiger partial charge in [0, 0.05) is 38.2 Å². The fourth-order valence-electron chi connectivity index (χ4n) is 5.34. The minimum atomic E-state index is -3.95. The Morgan fingerprint density at radius 3 is 2.64 bits per heavy atom. The molecule has 0 radical (unpaired) electrons. The smallest absolute Gasteiger partial charge is 0.309 e. The van der Waals surface area contributed by atoms with Crippen LogP contribution >= 0.6 is 0 Å². The van der Waals surface area contributed by atoms with Crippen molar-refractivity contribution in [1.29, 1.82) is 0 Å². The zero-order valence-electron chi connectivity index (χ0n) is 19.6. The summed E-state index contributed by atoms with van der Waals surface area (Å²) in [6.45, 7) is 4.65. The first-order valence-corrected chi connectivity index (χ1v) is 13.5. The Balaban J connectivity index is 1.98. The quantitative estimate of drug-likeness (QED) is 0.255. The first kappa shape index (κ1) is 26.3. The average molecular weight is 490 g/mol. The van der Waals surface area contributed by atoms with E-state index in [4.69, 9.17) is 23.1 Å². The van der Waals surface area contributed by atoms with Crippen LogP contribution in [0.1, 0.15) is 58.8 Å². The lowest BCUT2D eigenvalue weighted by Gasteiger charge is -2.58. The number of piperidine rings is 2. The third-order valence-corrected chi connectivity index (χ3v) is 6.91. The lowest BCUT2D eigenvalue weighted by Crippen LogP contribution is -2.69. The van der Waals surface area contributed by atoms with E-state index in [0.717, 1.165) is 25.5 Å². The van der Waals surface area contributed by atoms with Crippen molar-refractivity contribution in [2.24, 2.45) is 5.92 Å². The van der Waals surface area contributed by atoms with Crippen molar-refractivity contribution < 1.29 is 41.1 Å². The van der Waals surface area contributed by atoms with Crippen molar-refractivity contribution in [3.05, 3.63) is 6.08 Å². The van der Waals surface area contributed by atoms with E-state index < -0.39 is 34.0 Å². The number of hydrogen-bond acceptors (Lipinski definition) is 10. The van der Waals surface area contributed by atoms with E-state index in [9.17, 15) is 18.0 Å². The molecule has 33 heavy (non-hydrogen) atoms. The van der Waals surface area contributed by atoms with Crippen LogP contribution in [0.15, 0.2) is 6.08 Å². The molecule has 3 heterocycles. The predicted octanol–water partition coefficient (Wildman–Crippen LogP) is 1.76. The van der Waals surface area contributed by atoms with Gasteiger partial charge < -0.3 is 18.9 Å². The van der Waals surface area contributed by atoms with Gasteiger partial charge in [-0.2, -0.15) is 8.42 Å². The number of carbonyl (C=O) groups excluding carboxylic acids is 2. The molecular formula is C22H35NO9S. The molecule has 0 aromatic heterocycles. The van der Waals surface area contributed by atoms with Crippen molar-refractivity contribution in [2.45, 2.75) is 89.2 Å². The second-order valence-corrected chi connectivity index (χ2v) is 10.4. The van der Waals surface area contributed by atoms with Crippen LogP contribution in [0.25, 0.3) is 0 Å². The Morgan fingerprint density at radius 2 is 2.03 bits per heavy atom. The standard InChI is InChI=1S/C22H35NO9S/c1-4-28-19(9-10-24)23-17-12-16(21(25)29-5-2)14-22(23,32-33(3,26)27)15-18(13-17)31-20-8-6-7-11-30-20/h9,16-20H,4-8,11-15H2,1-3H3. The Labute approximate surface area is 195 Å². The van der Waals surface area contributed by atoms with E-state index in [2.05, 4.69) is 0 Å². The predicted molar refractivity (Wildman–Crippen MR) is 117 cm³/mol. The van der Waals surface area contributed by atoms with Gasteiger partial charge in [0.05, 0.1) is 24.9 Å². The fourth-order valence-corrected chi connectivity index (χ4v) is 6.12. The molecule has 0 amide bonds. The van der Waals surface area contributed by atoms with Gasteiger partial charge in [0.25, 0.3) is 10.1 Å². The first-order chi connectivity index (χ1) is 15.7. The Kier molecular flexibility index (Phi) is 9.08. The van der Waals surface area contributed by atoms with Crippen molar-refractivity contribution >= 4 is 22.0 Å². The number of hydrogen-bond donors (Lipinski definition) is 0. The average Bonchev–Trinajstić information content (AvgIpc) is 2.72. The Hall–Kier alpha value is -1.33. The van der Waals surface area contributed by atoms with Gasteiger partial charge in [0.1, 0.15) is 17.9 Å². The van der Waals surface area contributed by atoms with E-state index in [1.165, 1.54) is 6.08 Å². The van der Waals surface area contributed by atoms with Gasteiger partial charge in [0.15, 0.2) is 6.29 Å². The van der Waals surface area contributed by atoms with Gasteiger partial charge in [-0.1, -0.05) is 0 Å². The summed E-state index contributed by atoms with van der Waals surface area (Å²) in [6.07, 6.45) is 4.52. The van der Waals surface area contributed by atoms with Gasteiger partial charge in [0.2, 0.25) is 0 Å². The minimum absolute atomic E-state index is 0.0665. The monoisotopic (exact) mass is 489 g/mol. The molecule has 3 saturated heterocycles. The maximum atomic E-state index is 12.7. The maximum absolute atomic E-state index is 12.7. The third-order valence-electron chi connectivity index (χ3n) is 6.30. The number of rotatable bonds is 10.